The highest BCUT2D eigenvalue weighted by atomic mass is 16.4. The monoisotopic (exact) mass is 486 g/mol. The van der Waals surface area contributed by atoms with Crippen LogP contribution in [-0.2, 0) is 11.2 Å². The van der Waals surface area contributed by atoms with Crippen molar-refractivity contribution in [2.45, 2.75) is 43.2 Å². The van der Waals surface area contributed by atoms with Gasteiger partial charge in [-0.1, -0.05) is 30.3 Å². The summed E-state index contributed by atoms with van der Waals surface area (Å²) in [5, 5.41) is 54.9. The van der Waals surface area contributed by atoms with E-state index in [0.717, 1.165) is 5.56 Å². The Kier molecular flexibility index (Phi) is 7.21. The second kappa shape index (κ2) is 10.3. The van der Waals surface area contributed by atoms with Crippen molar-refractivity contribution in [2.75, 3.05) is 18.5 Å². The molecular formula is C22H26N6O7. The van der Waals surface area contributed by atoms with Crippen molar-refractivity contribution in [3.63, 3.8) is 0 Å². The maximum atomic E-state index is 11.7. The molecule has 1 saturated carbocycles. The number of carbonyl (C=O) groups excluding carboxylic acids is 1. The van der Waals surface area contributed by atoms with Gasteiger partial charge >= 0.3 is 5.97 Å². The number of imidazole rings is 1. The van der Waals surface area contributed by atoms with E-state index < -0.39 is 54.6 Å². The quantitative estimate of drug-likeness (QED) is 0.189. The number of carboxylic acids is 1. The first-order chi connectivity index (χ1) is 16.8. The normalized spacial score (nSPS) is 22.7. The van der Waals surface area contributed by atoms with Gasteiger partial charge < -0.3 is 40.7 Å². The molecule has 0 radical (unpaired) electrons. The Morgan fingerprint density at radius 3 is 2.51 bits per heavy atom. The van der Waals surface area contributed by atoms with Crippen LogP contribution in [0.15, 0.2) is 36.7 Å². The van der Waals surface area contributed by atoms with E-state index in [-0.39, 0.29) is 30.0 Å². The number of hydrogen-bond donors (Lipinski definition) is 7. The number of aliphatic hydroxyl groups is 4. The molecule has 0 bridgehead atoms. The minimum absolute atomic E-state index is 0.0853. The van der Waals surface area contributed by atoms with Crippen LogP contribution < -0.4 is 10.6 Å². The molecule has 4 rings (SSSR count). The number of aromatic carboxylic acids is 1. The largest absolute Gasteiger partial charge is 0.475 e. The average molecular weight is 486 g/mol. The lowest BCUT2D eigenvalue weighted by Gasteiger charge is -2.19. The smallest absolute Gasteiger partial charge is 0.374 e. The Morgan fingerprint density at radius 2 is 1.86 bits per heavy atom. The summed E-state index contributed by atoms with van der Waals surface area (Å²) < 4.78 is 1.43. The van der Waals surface area contributed by atoms with E-state index in [1.165, 1.54) is 10.9 Å². The van der Waals surface area contributed by atoms with Gasteiger partial charge in [0.1, 0.15) is 24.3 Å². The Labute approximate surface area is 199 Å². The highest BCUT2D eigenvalue weighted by Crippen LogP contribution is 2.34. The van der Waals surface area contributed by atoms with Crippen molar-refractivity contribution in [3.8, 4) is 0 Å². The van der Waals surface area contributed by atoms with Gasteiger partial charge in [-0.3, -0.25) is 4.79 Å². The van der Waals surface area contributed by atoms with E-state index in [1.54, 1.807) is 0 Å². The van der Waals surface area contributed by atoms with Crippen molar-refractivity contribution in [2.24, 2.45) is 0 Å². The number of rotatable bonds is 9. The van der Waals surface area contributed by atoms with Gasteiger partial charge in [-0.2, -0.15) is 0 Å². The molecule has 0 spiro atoms. The predicted molar refractivity (Wildman–Crippen MR) is 122 cm³/mol. The standard InChI is InChI=1S/C22H26N6O7/c29-8-12(6-11-4-2-1-3-5-11)24-19-16-21(27-20(26-19)22(34)35)28(10-23-16)14-7-13(17(32)18(14)33)25-15(31)9-30/h1-5,10,12-14,17-18,29-30,32-33H,6-9H2,(H,25,31)(H,34,35)(H,24,26,27)/t12-,13-,14+,17+,18-/m0/s1. The second-order valence-corrected chi connectivity index (χ2v) is 8.35. The van der Waals surface area contributed by atoms with Gasteiger partial charge in [0.25, 0.3) is 0 Å². The molecule has 1 fully saturated rings. The van der Waals surface area contributed by atoms with E-state index in [9.17, 15) is 30.0 Å². The van der Waals surface area contributed by atoms with E-state index in [4.69, 9.17) is 5.11 Å². The number of hydrogen-bond acceptors (Lipinski definition) is 10. The van der Waals surface area contributed by atoms with Crippen LogP contribution in [-0.4, -0.2) is 94.4 Å². The molecule has 0 saturated heterocycles. The lowest BCUT2D eigenvalue weighted by atomic mass is 10.1. The Hall–Kier alpha value is -3.65. The van der Waals surface area contributed by atoms with Gasteiger partial charge in [0.2, 0.25) is 11.7 Å². The number of aliphatic hydroxyl groups excluding tert-OH is 4. The Morgan fingerprint density at radius 1 is 1.11 bits per heavy atom. The first kappa shape index (κ1) is 24.5. The molecule has 1 aromatic carbocycles. The van der Waals surface area contributed by atoms with Gasteiger partial charge in [0, 0.05) is 0 Å². The van der Waals surface area contributed by atoms with Crippen molar-refractivity contribution in [1.82, 2.24) is 24.8 Å². The molecule has 2 aromatic heterocycles. The number of benzene rings is 1. The van der Waals surface area contributed by atoms with Crippen LogP contribution in [0.3, 0.4) is 0 Å². The number of amides is 1. The number of fused-ring (bicyclic) bond motifs is 1. The van der Waals surface area contributed by atoms with Crippen LogP contribution in [0, 0.1) is 0 Å². The first-order valence-corrected chi connectivity index (χ1v) is 11.0. The third-order valence-corrected chi connectivity index (χ3v) is 6.00. The van der Waals surface area contributed by atoms with Gasteiger partial charge in [0.15, 0.2) is 11.5 Å². The summed E-state index contributed by atoms with van der Waals surface area (Å²) in [5.41, 5.74) is 1.26. The molecule has 1 aliphatic rings. The lowest BCUT2D eigenvalue weighted by Crippen LogP contribution is -2.44. The molecule has 3 aromatic rings. The van der Waals surface area contributed by atoms with E-state index in [2.05, 4.69) is 25.6 Å². The molecule has 186 valence electrons. The highest BCUT2D eigenvalue weighted by Gasteiger charge is 2.44. The molecule has 7 N–H and O–H groups in total. The molecule has 0 aliphatic heterocycles. The summed E-state index contributed by atoms with van der Waals surface area (Å²) in [5.74, 6) is -2.50. The maximum Gasteiger partial charge on any atom is 0.374 e. The third-order valence-electron chi connectivity index (χ3n) is 6.00. The number of carboxylic acid groups (broad SMARTS) is 1. The molecule has 5 atom stereocenters. The number of nitrogens with zero attached hydrogens (tertiary/aromatic N) is 4. The average Bonchev–Trinajstić information content (AvgIpc) is 3.40. The van der Waals surface area contributed by atoms with Gasteiger partial charge in [-0.15, -0.1) is 0 Å². The number of carbonyl (C=O) groups is 2. The third kappa shape index (κ3) is 5.07. The van der Waals surface area contributed by atoms with E-state index in [1.807, 2.05) is 30.3 Å². The lowest BCUT2D eigenvalue weighted by molar-refractivity contribution is -0.125. The zero-order valence-electron chi connectivity index (χ0n) is 18.5. The van der Waals surface area contributed by atoms with Crippen molar-refractivity contribution in [3.05, 3.63) is 48.0 Å². The van der Waals surface area contributed by atoms with Crippen molar-refractivity contribution in [1.29, 1.82) is 0 Å². The van der Waals surface area contributed by atoms with Crippen molar-refractivity contribution >= 4 is 28.9 Å². The van der Waals surface area contributed by atoms with Crippen LogP contribution in [0.4, 0.5) is 5.82 Å². The first-order valence-electron chi connectivity index (χ1n) is 11.0. The zero-order chi connectivity index (χ0) is 25.1. The molecule has 13 heteroatoms. The van der Waals surface area contributed by atoms with Crippen LogP contribution in [0.5, 0.6) is 0 Å². The van der Waals surface area contributed by atoms with Crippen LogP contribution in [0.1, 0.15) is 28.6 Å². The Balaban J connectivity index is 1.67. The molecule has 0 unspecified atom stereocenters. The number of nitrogens with one attached hydrogen (secondary N) is 2. The maximum absolute atomic E-state index is 11.7. The van der Waals surface area contributed by atoms with Crippen LogP contribution >= 0.6 is 0 Å². The highest BCUT2D eigenvalue weighted by molar-refractivity contribution is 5.90. The fraction of sp³-hybridized carbons (Fsp3) is 0.409. The molecule has 13 nitrogen and oxygen atoms in total. The topological polar surface area (TPSA) is 203 Å². The van der Waals surface area contributed by atoms with Crippen molar-refractivity contribution < 1.29 is 35.1 Å². The number of anilines is 1. The second-order valence-electron chi connectivity index (χ2n) is 8.35. The van der Waals surface area contributed by atoms with E-state index in [0.29, 0.717) is 6.42 Å². The molecular weight excluding hydrogens is 460 g/mol. The molecule has 1 aliphatic carbocycles. The summed E-state index contributed by atoms with van der Waals surface area (Å²) in [6.07, 6.45) is -0.776. The number of aromatic nitrogens is 4. The fourth-order valence-electron chi connectivity index (χ4n) is 4.29. The van der Waals surface area contributed by atoms with Crippen LogP contribution in [0.25, 0.3) is 11.2 Å². The summed E-state index contributed by atoms with van der Waals surface area (Å²) >= 11 is 0. The van der Waals surface area contributed by atoms with Gasteiger partial charge in [0.05, 0.1) is 31.1 Å². The van der Waals surface area contributed by atoms with Gasteiger partial charge in [-0.05, 0) is 18.4 Å². The fourth-order valence-corrected chi connectivity index (χ4v) is 4.29. The van der Waals surface area contributed by atoms with E-state index >= 15 is 0 Å². The van der Waals surface area contributed by atoms with Crippen LogP contribution in [0.2, 0.25) is 0 Å². The summed E-state index contributed by atoms with van der Waals surface area (Å²) in [6, 6.07) is 7.28. The molecule has 35 heavy (non-hydrogen) atoms. The molecule has 1 amide bonds. The summed E-state index contributed by atoms with van der Waals surface area (Å²) in [6.45, 7) is -1.03. The minimum Gasteiger partial charge on any atom is -0.475 e. The van der Waals surface area contributed by atoms with Gasteiger partial charge in [-0.25, -0.2) is 19.7 Å². The zero-order valence-corrected chi connectivity index (χ0v) is 18.5. The predicted octanol–water partition coefficient (Wildman–Crippen LogP) is -1.32. The SMILES string of the molecule is O=C(CO)N[C@H]1C[C@@H](n2cnc3c(N[C@H](CO)Cc4ccccc4)nc(C(=O)O)nc32)[C@H](O)[C@@H]1O. The minimum atomic E-state index is -1.38. The summed E-state index contributed by atoms with van der Waals surface area (Å²) in [7, 11) is 0. The molecule has 2 heterocycles. The summed E-state index contributed by atoms with van der Waals surface area (Å²) in [4.78, 5) is 35.7. The Bertz CT molecular complexity index is 1200.